The summed E-state index contributed by atoms with van der Waals surface area (Å²) in [4.78, 5) is 2.38. The molecule has 1 aliphatic heterocycles. The van der Waals surface area contributed by atoms with Crippen molar-refractivity contribution in [2.45, 2.75) is 31.7 Å². The lowest BCUT2D eigenvalue weighted by atomic mass is 9.88. The number of likely N-dealkylation sites (tertiary alicyclic amines) is 1. The van der Waals surface area contributed by atoms with Gasteiger partial charge in [-0.25, -0.2) is 0 Å². The molecule has 3 heteroatoms. The SMILES string of the molecule is CN1CCC(C(N)CCCN)CC1. The minimum absolute atomic E-state index is 0.386. The van der Waals surface area contributed by atoms with E-state index in [9.17, 15) is 0 Å². The third kappa shape index (κ3) is 3.63. The van der Waals surface area contributed by atoms with E-state index in [-0.39, 0.29) is 0 Å². The van der Waals surface area contributed by atoms with Crippen molar-refractivity contribution in [3.8, 4) is 0 Å². The quantitative estimate of drug-likeness (QED) is 0.666. The number of piperidine rings is 1. The lowest BCUT2D eigenvalue weighted by molar-refractivity contribution is 0.194. The Morgan fingerprint density at radius 2 is 2.00 bits per heavy atom. The summed E-state index contributed by atoms with van der Waals surface area (Å²) in [5, 5.41) is 0. The molecule has 1 atom stereocenters. The van der Waals surface area contributed by atoms with Crippen LogP contribution in [0, 0.1) is 5.92 Å². The van der Waals surface area contributed by atoms with Crippen LogP contribution in [0.15, 0.2) is 0 Å². The van der Waals surface area contributed by atoms with E-state index in [2.05, 4.69) is 11.9 Å². The number of rotatable bonds is 4. The standard InChI is InChI=1S/C10H23N3/c1-13-7-4-9(5-8-13)10(12)3-2-6-11/h9-10H,2-8,11-12H2,1H3. The number of nitrogens with two attached hydrogens (primary N) is 2. The van der Waals surface area contributed by atoms with Gasteiger partial charge < -0.3 is 16.4 Å². The fourth-order valence-electron chi connectivity index (χ4n) is 2.05. The highest BCUT2D eigenvalue weighted by Crippen LogP contribution is 2.20. The van der Waals surface area contributed by atoms with Gasteiger partial charge >= 0.3 is 0 Å². The van der Waals surface area contributed by atoms with Gasteiger partial charge in [0.1, 0.15) is 0 Å². The second-order valence-corrected chi connectivity index (χ2v) is 4.24. The van der Waals surface area contributed by atoms with Gasteiger partial charge in [0, 0.05) is 6.04 Å². The molecular weight excluding hydrogens is 162 g/mol. The van der Waals surface area contributed by atoms with Crippen molar-refractivity contribution < 1.29 is 0 Å². The molecule has 0 aromatic carbocycles. The van der Waals surface area contributed by atoms with Crippen molar-refractivity contribution >= 4 is 0 Å². The second kappa shape index (κ2) is 5.58. The molecule has 0 aliphatic carbocycles. The minimum atomic E-state index is 0.386. The first-order valence-corrected chi connectivity index (χ1v) is 5.38. The van der Waals surface area contributed by atoms with Gasteiger partial charge in [0.15, 0.2) is 0 Å². The molecule has 1 unspecified atom stereocenters. The maximum absolute atomic E-state index is 6.11. The average molecular weight is 185 g/mol. The van der Waals surface area contributed by atoms with Gasteiger partial charge in [0.2, 0.25) is 0 Å². The van der Waals surface area contributed by atoms with Crippen molar-refractivity contribution in [3.63, 3.8) is 0 Å². The summed E-state index contributed by atoms with van der Waals surface area (Å²) in [6.07, 6.45) is 4.71. The lowest BCUT2D eigenvalue weighted by Gasteiger charge is -2.32. The highest BCUT2D eigenvalue weighted by molar-refractivity contribution is 4.78. The predicted octanol–water partition coefficient (Wildman–Crippen LogP) is 0.394. The predicted molar refractivity (Wildman–Crippen MR) is 56.5 cm³/mol. The van der Waals surface area contributed by atoms with E-state index in [1.807, 2.05) is 0 Å². The van der Waals surface area contributed by atoms with E-state index >= 15 is 0 Å². The van der Waals surface area contributed by atoms with Gasteiger partial charge in [-0.2, -0.15) is 0 Å². The maximum atomic E-state index is 6.11. The lowest BCUT2D eigenvalue weighted by Crippen LogP contribution is -2.39. The molecule has 1 saturated heterocycles. The van der Waals surface area contributed by atoms with Crippen LogP contribution in [-0.4, -0.2) is 37.6 Å². The Bertz CT molecular complexity index is 130. The van der Waals surface area contributed by atoms with Gasteiger partial charge in [0.25, 0.3) is 0 Å². The van der Waals surface area contributed by atoms with E-state index in [1.165, 1.54) is 25.9 Å². The third-order valence-corrected chi connectivity index (χ3v) is 3.11. The van der Waals surface area contributed by atoms with Crippen LogP contribution in [0.5, 0.6) is 0 Å². The molecule has 78 valence electrons. The van der Waals surface area contributed by atoms with Crippen molar-refractivity contribution in [2.24, 2.45) is 17.4 Å². The molecule has 1 rings (SSSR count). The molecule has 4 N–H and O–H groups in total. The zero-order valence-electron chi connectivity index (χ0n) is 8.71. The first kappa shape index (κ1) is 11.0. The van der Waals surface area contributed by atoms with E-state index in [0.29, 0.717) is 6.04 Å². The molecule has 0 amide bonds. The smallest absolute Gasteiger partial charge is 0.00685 e. The first-order valence-electron chi connectivity index (χ1n) is 5.38. The number of hydrogen-bond donors (Lipinski definition) is 2. The molecule has 1 aliphatic rings. The molecule has 1 fully saturated rings. The Morgan fingerprint density at radius 3 is 2.54 bits per heavy atom. The Labute approximate surface area is 81.5 Å². The average Bonchev–Trinajstić information content (AvgIpc) is 2.15. The van der Waals surface area contributed by atoms with Gasteiger partial charge in [0.05, 0.1) is 0 Å². The Hall–Kier alpha value is -0.120. The highest BCUT2D eigenvalue weighted by atomic mass is 15.1. The first-order chi connectivity index (χ1) is 6.24. The van der Waals surface area contributed by atoms with E-state index in [4.69, 9.17) is 11.5 Å². The fourth-order valence-corrected chi connectivity index (χ4v) is 2.05. The summed E-state index contributed by atoms with van der Waals surface area (Å²) in [6, 6.07) is 0.386. The summed E-state index contributed by atoms with van der Waals surface area (Å²) >= 11 is 0. The number of nitrogens with zero attached hydrogens (tertiary/aromatic N) is 1. The van der Waals surface area contributed by atoms with Gasteiger partial charge in [-0.1, -0.05) is 0 Å². The van der Waals surface area contributed by atoms with Crippen LogP contribution in [0.4, 0.5) is 0 Å². The summed E-state index contributed by atoms with van der Waals surface area (Å²) < 4.78 is 0. The monoisotopic (exact) mass is 185 g/mol. The largest absolute Gasteiger partial charge is 0.330 e. The Balaban J connectivity index is 2.19. The van der Waals surface area contributed by atoms with Crippen molar-refractivity contribution in [1.82, 2.24) is 4.90 Å². The minimum Gasteiger partial charge on any atom is -0.330 e. The second-order valence-electron chi connectivity index (χ2n) is 4.24. The molecule has 0 aromatic heterocycles. The van der Waals surface area contributed by atoms with E-state index in [1.54, 1.807) is 0 Å². The zero-order valence-corrected chi connectivity index (χ0v) is 8.71. The third-order valence-electron chi connectivity index (χ3n) is 3.11. The Morgan fingerprint density at radius 1 is 1.38 bits per heavy atom. The maximum Gasteiger partial charge on any atom is 0.00685 e. The van der Waals surface area contributed by atoms with Crippen molar-refractivity contribution in [1.29, 1.82) is 0 Å². The summed E-state index contributed by atoms with van der Waals surface area (Å²) in [5.41, 5.74) is 11.6. The van der Waals surface area contributed by atoms with E-state index in [0.717, 1.165) is 25.3 Å². The molecule has 0 aromatic rings. The molecule has 1 heterocycles. The van der Waals surface area contributed by atoms with Crippen LogP contribution in [0.1, 0.15) is 25.7 Å². The molecule has 0 saturated carbocycles. The molecule has 0 radical (unpaired) electrons. The highest BCUT2D eigenvalue weighted by Gasteiger charge is 2.21. The summed E-state index contributed by atoms with van der Waals surface area (Å²) in [5.74, 6) is 0.739. The number of hydrogen-bond acceptors (Lipinski definition) is 3. The van der Waals surface area contributed by atoms with Crippen LogP contribution in [0.3, 0.4) is 0 Å². The van der Waals surface area contributed by atoms with Gasteiger partial charge in [-0.3, -0.25) is 0 Å². The normalized spacial score (nSPS) is 23.3. The topological polar surface area (TPSA) is 55.3 Å². The summed E-state index contributed by atoms with van der Waals surface area (Å²) in [7, 11) is 2.18. The van der Waals surface area contributed by atoms with Crippen LogP contribution in [0.2, 0.25) is 0 Å². The fraction of sp³-hybridized carbons (Fsp3) is 1.00. The molecule has 0 spiro atoms. The molecular formula is C10H23N3. The molecule has 0 bridgehead atoms. The van der Waals surface area contributed by atoms with Crippen molar-refractivity contribution in [2.75, 3.05) is 26.7 Å². The van der Waals surface area contributed by atoms with Gasteiger partial charge in [-0.15, -0.1) is 0 Å². The van der Waals surface area contributed by atoms with Crippen molar-refractivity contribution in [3.05, 3.63) is 0 Å². The molecule has 13 heavy (non-hydrogen) atoms. The van der Waals surface area contributed by atoms with E-state index < -0.39 is 0 Å². The Kier molecular flexibility index (Phi) is 4.70. The zero-order chi connectivity index (χ0) is 9.68. The van der Waals surface area contributed by atoms with Crippen LogP contribution in [-0.2, 0) is 0 Å². The van der Waals surface area contributed by atoms with Crippen LogP contribution < -0.4 is 11.5 Å². The van der Waals surface area contributed by atoms with Gasteiger partial charge in [-0.05, 0) is 58.3 Å². The van der Waals surface area contributed by atoms with Crippen LogP contribution in [0.25, 0.3) is 0 Å². The van der Waals surface area contributed by atoms with Crippen LogP contribution >= 0.6 is 0 Å². The molecule has 3 nitrogen and oxygen atoms in total. The summed E-state index contributed by atoms with van der Waals surface area (Å²) in [6.45, 7) is 3.20.